The third kappa shape index (κ3) is 6.58. The summed E-state index contributed by atoms with van der Waals surface area (Å²) < 4.78 is 10.2. The van der Waals surface area contributed by atoms with E-state index in [0.717, 1.165) is 5.56 Å². The highest BCUT2D eigenvalue weighted by molar-refractivity contribution is 6.05. The van der Waals surface area contributed by atoms with Gasteiger partial charge in [-0.05, 0) is 35.2 Å². The monoisotopic (exact) mass is 369 g/mol. The molecule has 6 nitrogen and oxygen atoms in total. The Kier molecular flexibility index (Phi) is 6.71. The summed E-state index contributed by atoms with van der Waals surface area (Å²) in [6.07, 6.45) is 0. The molecule has 2 aromatic rings. The van der Waals surface area contributed by atoms with Crippen LogP contribution in [0.5, 0.6) is 5.75 Å². The Balaban J connectivity index is 1.73. The number of carbonyl (C=O) groups excluding carboxylic acids is 3. The van der Waals surface area contributed by atoms with E-state index in [4.69, 9.17) is 9.47 Å². The van der Waals surface area contributed by atoms with Gasteiger partial charge in [-0.15, -0.1) is 0 Å². The van der Waals surface area contributed by atoms with Crippen LogP contribution in [0.1, 0.15) is 36.7 Å². The molecule has 0 spiro atoms. The molecule has 0 aliphatic heterocycles. The smallest absolute Gasteiger partial charge is 0.344 e. The van der Waals surface area contributed by atoms with Gasteiger partial charge in [0.15, 0.2) is 13.2 Å². The SMILES string of the molecule is CC(C)(C)c1ccc(OCC(=O)OCC(=O)NC(=O)c2ccccc2)cc1. The van der Waals surface area contributed by atoms with Crippen molar-refractivity contribution in [2.45, 2.75) is 26.2 Å². The lowest BCUT2D eigenvalue weighted by Crippen LogP contribution is -2.34. The van der Waals surface area contributed by atoms with E-state index in [0.29, 0.717) is 11.3 Å². The van der Waals surface area contributed by atoms with Crippen molar-refractivity contribution < 1.29 is 23.9 Å². The Morgan fingerprint density at radius 2 is 1.52 bits per heavy atom. The number of ether oxygens (including phenoxy) is 2. The third-order valence-electron chi connectivity index (χ3n) is 3.73. The van der Waals surface area contributed by atoms with Crippen molar-refractivity contribution in [2.24, 2.45) is 0 Å². The van der Waals surface area contributed by atoms with Crippen LogP contribution in [-0.4, -0.2) is 31.0 Å². The van der Waals surface area contributed by atoms with Crippen molar-refractivity contribution in [3.63, 3.8) is 0 Å². The van der Waals surface area contributed by atoms with Crippen molar-refractivity contribution in [1.29, 1.82) is 0 Å². The highest BCUT2D eigenvalue weighted by atomic mass is 16.6. The van der Waals surface area contributed by atoms with Crippen LogP contribution in [0.25, 0.3) is 0 Å². The van der Waals surface area contributed by atoms with Gasteiger partial charge in [0.05, 0.1) is 0 Å². The van der Waals surface area contributed by atoms with E-state index in [1.807, 2.05) is 12.1 Å². The van der Waals surface area contributed by atoms with Crippen molar-refractivity contribution in [3.8, 4) is 5.75 Å². The highest BCUT2D eigenvalue weighted by Gasteiger charge is 2.14. The zero-order chi connectivity index (χ0) is 19.9. The lowest BCUT2D eigenvalue weighted by Gasteiger charge is -2.19. The second-order valence-electron chi connectivity index (χ2n) is 6.97. The number of carbonyl (C=O) groups is 3. The lowest BCUT2D eigenvalue weighted by molar-refractivity contribution is -0.150. The molecule has 0 aliphatic rings. The average Bonchev–Trinajstić information content (AvgIpc) is 2.65. The molecule has 0 saturated heterocycles. The number of nitrogens with one attached hydrogen (secondary N) is 1. The molecule has 142 valence electrons. The van der Waals surface area contributed by atoms with Crippen molar-refractivity contribution in [1.82, 2.24) is 5.32 Å². The molecule has 0 fully saturated rings. The average molecular weight is 369 g/mol. The van der Waals surface area contributed by atoms with Gasteiger partial charge in [0.2, 0.25) is 0 Å². The van der Waals surface area contributed by atoms with Gasteiger partial charge in [0, 0.05) is 5.56 Å². The number of esters is 1. The summed E-state index contributed by atoms with van der Waals surface area (Å²) in [5.74, 6) is -1.42. The van der Waals surface area contributed by atoms with Crippen molar-refractivity contribution in [3.05, 3.63) is 65.7 Å². The molecule has 6 heteroatoms. The number of rotatable bonds is 6. The largest absolute Gasteiger partial charge is 0.482 e. The van der Waals surface area contributed by atoms with E-state index >= 15 is 0 Å². The Bertz CT molecular complexity index is 792. The third-order valence-corrected chi connectivity index (χ3v) is 3.73. The first-order chi connectivity index (χ1) is 12.8. The van der Waals surface area contributed by atoms with Crippen LogP contribution in [-0.2, 0) is 19.7 Å². The molecule has 0 unspecified atom stereocenters. The van der Waals surface area contributed by atoms with Crippen LogP contribution in [0.3, 0.4) is 0 Å². The fourth-order valence-corrected chi connectivity index (χ4v) is 2.21. The minimum atomic E-state index is -0.702. The molecule has 2 aromatic carbocycles. The predicted octanol–water partition coefficient (Wildman–Crippen LogP) is 2.86. The molecule has 0 aromatic heterocycles. The molecular weight excluding hydrogens is 346 g/mol. The minimum Gasteiger partial charge on any atom is -0.482 e. The summed E-state index contributed by atoms with van der Waals surface area (Å²) in [7, 11) is 0. The number of benzene rings is 2. The van der Waals surface area contributed by atoms with E-state index in [9.17, 15) is 14.4 Å². The molecule has 0 bridgehead atoms. The van der Waals surface area contributed by atoms with Crippen molar-refractivity contribution in [2.75, 3.05) is 13.2 Å². The van der Waals surface area contributed by atoms with E-state index in [1.165, 1.54) is 0 Å². The number of hydrogen-bond acceptors (Lipinski definition) is 5. The Morgan fingerprint density at radius 3 is 2.11 bits per heavy atom. The first-order valence-corrected chi connectivity index (χ1v) is 8.54. The molecule has 0 atom stereocenters. The van der Waals surface area contributed by atoms with Gasteiger partial charge in [-0.1, -0.05) is 51.1 Å². The van der Waals surface area contributed by atoms with Gasteiger partial charge >= 0.3 is 5.97 Å². The maximum atomic E-state index is 11.8. The van der Waals surface area contributed by atoms with E-state index in [1.54, 1.807) is 42.5 Å². The van der Waals surface area contributed by atoms with E-state index in [2.05, 4.69) is 26.1 Å². The first-order valence-electron chi connectivity index (χ1n) is 8.54. The summed E-state index contributed by atoms with van der Waals surface area (Å²) in [5.41, 5.74) is 1.53. The van der Waals surface area contributed by atoms with E-state index < -0.39 is 24.4 Å². The van der Waals surface area contributed by atoms with Gasteiger partial charge in [-0.2, -0.15) is 0 Å². The predicted molar refractivity (Wildman–Crippen MR) is 101 cm³/mol. The van der Waals surface area contributed by atoms with Crippen molar-refractivity contribution >= 4 is 17.8 Å². The first kappa shape index (κ1) is 20.2. The molecule has 2 amide bonds. The topological polar surface area (TPSA) is 81.7 Å². The van der Waals surface area contributed by atoms with Gasteiger partial charge in [0.25, 0.3) is 11.8 Å². The van der Waals surface area contributed by atoms with E-state index in [-0.39, 0.29) is 12.0 Å². The maximum Gasteiger partial charge on any atom is 0.344 e. The number of imide groups is 1. The summed E-state index contributed by atoms with van der Waals surface area (Å²) >= 11 is 0. The fraction of sp³-hybridized carbons (Fsp3) is 0.286. The fourth-order valence-electron chi connectivity index (χ4n) is 2.21. The number of hydrogen-bond donors (Lipinski definition) is 1. The summed E-state index contributed by atoms with van der Waals surface area (Å²) in [4.78, 5) is 35.2. The van der Waals surface area contributed by atoms with Crippen LogP contribution >= 0.6 is 0 Å². The quantitative estimate of drug-likeness (QED) is 0.792. The standard InChI is InChI=1S/C21H23NO5/c1-21(2,3)16-9-11-17(12-10-16)26-14-19(24)27-13-18(23)22-20(25)15-7-5-4-6-8-15/h4-12H,13-14H2,1-3H3,(H,22,23,25). The van der Waals surface area contributed by atoms with Crippen LogP contribution in [0, 0.1) is 0 Å². The van der Waals surface area contributed by atoms with Gasteiger partial charge < -0.3 is 9.47 Å². The van der Waals surface area contributed by atoms with Gasteiger partial charge in [-0.25, -0.2) is 4.79 Å². The van der Waals surface area contributed by atoms with Crippen LogP contribution in [0.4, 0.5) is 0 Å². The highest BCUT2D eigenvalue weighted by Crippen LogP contribution is 2.24. The van der Waals surface area contributed by atoms with Crippen LogP contribution in [0.15, 0.2) is 54.6 Å². The Morgan fingerprint density at radius 1 is 0.889 bits per heavy atom. The zero-order valence-corrected chi connectivity index (χ0v) is 15.7. The van der Waals surface area contributed by atoms with Crippen LogP contribution in [0.2, 0.25) is 0 Å². The second kappa shape index (κ2) is 8.98. The molecular formula is C21H23NO5. The molecule has 0 heterocycles. The van der Waals surface area contributed by atoms with Gasteiger partial charge in [0.1, 0.15) is 5.75 Å². The summed E-state index contributed by atoms with van der Waals surface area (Å²) in [6, 6.07) is 15.7. The van der Waals surface area contributed by atoms with Crippen LogP contribution < -0.4 is 10.1 Å². The zero-order valence-electron chi connectivity index (χ0n) is 15.7. The lowest BCUT2D eigenvalue weighted by atomic mass is 9.87. The van der Waals surface area contributed by atoms with Gasteiger partial charge in [-0.3, -0.25) is 14.9 Å². The molecule has 0 aliphatic carbocycles. The second-order valence-corrected chi connectivity index (χ2v) is 6.97. The minimum absolute atomic E-state index is 0.0298. The molecule has 2 rings (SSSR count). The molecule has 0 saturated carbocycles. The molecule has 27 heavy (non-hydrogen) atoms. The normalized spacial score (nSPS) is 10.8. The Labute approximate surface area is 158 Å². The maximum absolute atomic E-state index is 11.8. The molecule has 1 N–H and O–H groups in total. The summed E-state index contributed by atoms with van der Waals surface area (Å²) in [6.45, 7) is 5.44. The Hall–Kier alpha value is -3.15. The summed E-state index contributed by atoms with van der Waals surface area (Å²) in [5, 5.41) is 2.15. The molecule has 0 radical (unpaired) electrons. The number of amides is 2.